The van der Waals surface area contributed by atoms with Crippen molar-refractivity contribution in [3.63, 3.8) is 0 Å². The minimum absolute atomic E-state index is 0.519. The largest absolute Gasteiger partial charge is 0.495 e. The van der Waals surface area contributed by atoms with E-state index in [4.69, 9.17) is 16.3 Å². The van der Waals surface area contributed by atoms with Gasteiger partial charge in [0, 0.05) is 11.6 Å². The van der Waals surface area contributed by atoms with Crippen LogP contribution >= 0.6 is 11.6 Å². The Labute approximate surface area is 118 Å². The number of carbonyl (C=O) groups is 1. The second kappa shape index (κ2) is 7.24. The lowest BCUT2D eigenvalue weighted by Crippen LogP contribution is -2.41. The van der Waals surface area contributed by atoms with Crippen LogP contribution in [-0.4, -0.2) is 30.8 Å². The highest BCUT2D eigenvalue weighted by atomic mass is 35.5. The number of halogens is 1. The first kappa shape index (κ1) is 15.6. The van der Waals surface area contributed by atoms with Gasteiger partial charge in [0.05, 0.1) is 12.8 Å². The molecule has 106 valence electrons. The molecule has 0 heterocycles. The van der Waals surface area contributed by atoms with Crippen LogP contribution in [0.5, 0.6) is 5.75 Å². The Morgan fingerprint density at radius 1 is 1.47 bits per heavy atom. The smallest absolute Gasteiger partial charge is 0.326 e. The minimum atomic E-state index is -0.835. The minimum Gasteiger partial charge on any atom is -0.495 e. The van der Waals surface area contributed by atoms with Gasteiger partial charge in [-0.2, -0.15) is 0 Å². The van der Waals surface area contributed by atoms with Gasteiger partial charge in [-0.3, -0.25) is 0 Å². The molecule has 0 aromatic heterocycles. The molecule has 1 aromatic carbocycles. The Morgan fingerprint density at radius 2 is 2.16 bits per heavy atom. The molecule has 0 saturated carbocycles. The highest BCUT2D eigenvalue weighted by molar-refractivity contribution is 6.31. The van der Waals surface area contributed by atoms with Crippen molar-refractivity contribution in [1.82, 2.24) is 0 Å². The molecule has 0 aliphatic heterocycles. The third-order valence-corrected chi connectivity index (χ3v) is 3.20. The van der Waals surface area contributed by atoms with Gasteiger partial charge in [-0.05, 0) is 31.0 Å². The number of rotatable bonds is 7. The number of methoxy groups -OCH3 is 1. The Kier molecular flexibility index (Phi) is 5.96. The zero-order valence-corrected chi connectivity index (χ0v) is 12.3. The van der Waals surface area contributed by atoms with Crippen molar-refractivity contribution in [3.8, 4) is 5.75 Å². The van der Waals surface area contributed by atoms with Crippen molar-refractivity contribution in [2.75, 3.05) is 18.6 Å². The number of hydrogen-bond acceptors (Lipinski definition) is 3. The van der Waals surface area contributed by atoms with E-state index in [9.17, 15) is 9.90 Å². The Morgan fingerprint density at radius 3 is 2.63 bits per heavy atom. The number of anilines is 1. The average molecular weight is 286 g/mol. The molecule has 0 aliphatic rings. The van der Waals surface area contributed by atoms with Gasteiger partial charge in [-0.25, -0.2) is 4.79 Å². The molecule has 1 aromatic rings. The lowest BCUT2D eigenvalue weighted by molar-refractivity contribution is -0.138. The fourth-order valence-electron chi connectivity index (χ4n) is 2.10. The van der Waals surface area contributed by atoms with Crippen LogP contribution in [0.15, 0.2) is 18.2 Å². The summed E-state index contributed by atoms with van der Waals surface area (Å²) >= 11 is 6.02. The maximum atomic E-state index is 11.4. The lowest BCUT2D eigenvalue weighted by atomic mass is 10.1. The second-order valence-electron chi connectivity index (χ2n) is 4.27. The molecule has 0 saturated heterocycles. The van der Waals surface area contributed by atoms with Crippen LogP contribution in [0.4, 0.5) is 5.69 Å². The van der Waals surface area contributed by atoms with E-state index >= 15 is 0 Å². The topological polar surface area (TPSA) is 49.8 Å². The number of carboxylic acid groups (broad SMARTS) is 1. The van der Waals surface area contributed by atoms with Gasteiger partial charge in [0.25, 0.3) is 0 Å². The van der Waals surface area contributed by atoms with Gasteiger partial charge in [0.1, 0.15) is 11.8 Å². The summed E-state index contributed by atoms with van der Waals surface area (Å²) in [5, 5.41) is 9.92. The van der Waals surface area contributed by atoms with E-state index < -0.39 is 12.0 Å². The Balaban J connectivity index is 3.24. The monoisotopic (exact) mass is 285 g/mol. The number of carboxylic acids is 1. The molecule has 0 radical (unpaired) electrons. The first-order valence-electron chi connectivity index (χ1n) is 6.38. The fourth-order valence-corrected chi connectivity index (χ4v) is 2.27. The molecule has 0 spiro atoms. The molecule has 1 N–H and O–H groups in total. The third-order valence-electron chi connectivity index (χ3n) is 2.96. The highest BCUT2D eigenvalue weighted by Gasteiger charge is 2.25. The van der Waals surface area contributed by atoms with Crippen LogP contribution in [0.2, 0.25) is 5.02 Å². The van der Waals surface area contributed by atoms with E-state index in [0.717, 1.165) is 12.1 Å². The molecule has 1 rings (SSSR count). The number of hydrogen-bond donors (Lipinski definition) is 1. The van der Waals surface area contributed by atoms with E-state index in [0.29, 0.717) is 23.7 Å². The molecular weight excluding hydrogens is 266 g/mol. The summed E-state index contributed by atoms with van der Waals surface area (Å²) in [7, 11) is 1.57. The first-order chi connectivity index (χ1) is 9.04. The summed E-state index contributed by atoms with van der Waals surface area (Å²) in [6.07, 6.45) is 1.37. The summed E-state index contributed by atoms with van der Waals surface area (Å²) in [4.78, 5) is 13.2. The fraction of sp³-hybridized carbons (Fsp3) is 0.500. The predicted octanol–water partition coefficient (Wildman–Crippen LogP) is 3.43. The predicted molar refractivity (Wildman–Crippen MR) is 77.4 cm³/mol. The zero-order chi connectivity index (χ0) is 14.4. The quantitative estimate of drug-likeness (QED) is 0.834. The maximum absolute atomic E-state index is 11.4. The molecular formula is C14H20ClNO3. The van der Waals surface area contributed by atoms with Gasteiger partial charge in [0.15, 0.2) is 0 Å². The van der Waals surface area contributed by atoms with Crippen molar-refractivity contribution in [2.45, 2.75) is 32.7 Å². The van der Waals surface area contributed by atoms with Crippen LogP contribution in [0.25, 0.3) is 0 Å². The standard InChI is InChI=1S/C14H20ClNO3/c1-4-8-16(11(5-2)14(17)18)12-9-10(15)6-7-13(12)19-3/h6-7,9,11H,4-5,8H2,1-3H3,(H,17,18)/t11-/m1/s1. The maximum Gasteiger partial charge on any atom is 0.326 e. The molecule has 0 amide bonds. The van der Waals surface area contributed by atoms with Gasteiger partial charge >= 0.3 is 5.97 Å². The number of benzene rings is 1. The van der Waals surface area contributed by atoms with Crippen LogP contribution in [-0.2, 0) is 4.79 Å². The van der Waals surface area contributed by atoms with Crippen molar-refractivity contribution in [2.24, 2.45) is 0 Å². The SMILES string of the molecule is CCCN(c1cc(Cl)ccc1OC)[C@H](CC)C(=O)O. The third kappa shape index (κ3) is 3.77. The van der Waals surface area contributed by atoms with Crippen molar-refractivity contribution in [3.05, 3.63) is 23.2 Å². The van der Waals surface area contributed by atoms with Gasteiger partial charge in [-0.1, -0.05) is 25.4 Å². The molecule has 5 heteroatoms. The number of ether oxygens (including phenoxy) is 1. The summed E-state index contributed by atoms with van der Waals surface area (Å²) < 4.78 is 5.31. The number of nitrogens with zero attached hydrogens (tertiary/aromatic N) is 1. The second-order valence-corrected chi connectivity index (χ2v) is 4.71. The van der Waals surface area contributed by atoms with E-state index in [2.05, 4.69) is 0 Å². The molecule has 0 aliphatic carbocycles. The number of aliphatic carboxylic acids is 1. The van der Waals surface area contributed by atoms with Gasteiger partial charge in [-0.15, -0.1) is 0 Å². The van der Waals surface area contributed by atoms with Crippen molar-refractivity contribution in [1.29, 1.82) is 0 Å². The molecule has 0 fully saturated rings. The molecule has 19 heavy (non-hydrogen) atoms. The first-order valence-corrected chi connectivity index (χ1v) is 6.75. The summed E-state index contributed by atoms with van der Waals surface area (Å²) in [6, 6.07) is 4.67. The summed E-state index contributed by atoms with van der Waals surface area (Å²) in [6.45, 7) is 4.51. The summed E-state index contributed by atoms with van der Waals surface area (Å²) in [5.74, 6) is -0.199. The van der Waals surface area contributed by atoms with E-state index in [1.165, 1.54) is 0 Å². The molecule has 0 bridgehead atoms. The highest BCUT2D eigenvalue weighted by Crippen LogP contribution is 2.33. The van der Waals surface area contributed by atoms with E-state index in [1.54, 1.807) is 25.3 Å². The van der Waals surface area contributed by atoms with Crippen LogP contribution < -0.4 is 9.64 Å². The summed E-state index contributed by atoms with van der Waals surface area (Å²) in [5.41, 5.74) is 0.728. The zero-order valence-electron chi connectivity index (χ0n) is 11.5. The Hall–Kier alpha value is -1.42. The van der Waals surface area contributed by atoms with E-state index in [-0.39, 0.29) is 0 Å². The van der Waals surface area contributed by atoms with Gasteiger partial charge in [0.2, 0.25) is 0 Å². The van der Waals surface area contributed by atoms with Gasteiger partial charge < -0.3 is 14.7 Å². The van der Waals surface area contributed by atoms with E-state index in [1.807, 2.05) is 18.7 Å². The van der Waals surface area contributed by atoms with Crippen LogP contribution in [0.1, 0.15) is 26.7 Å². The average Bonchev–Trinajstić information content (AvgIpc) is 2.38. The van der Waals surface area contributed by atoms with Crippen LogP contribution in [0, 0.1) is 0 Å². The van der Waals surface area contributed by atoms with Crippen molar-refractivity contribution < 1.29 is 14.6 Å². The van der Waals surface area contributed by atoms with Crippen molar-refractivity contribution >= 4 is 23.3 Å². The molecule has 0 unspecified atom stereocenters. The normalized spacial score (nSPS) is 12.0. The Bertz CT molecular complexity index is 437. The molecule has 1 atom stereocenters. The van der Waals surface area contributed by atoms with Crippen LogP contribution in [0.3, 0.4) is 0 Å². The lowest BCUT2D eigenvalue weighted by Gasteiger charge is -2.31. The molecule has 4 nitrogen and oxygen atoms in total.